The molecule has 2 fully saturated rings. The molecule has 1 aliphatic carbocycles. The third kappa shape index (κ3) is 2.67. The summed E-state index contributed by atoms with van der Waals surface area (Å²) in [5, 5.41) is 13.3. The zero-order chi connectivity index (χ0) is 17.6. The largest absolute Gasteiger partial charge is 0.480 e. The molecular formula is C16H21F2N3O3. The van der Waals surface area contributed by atoms with Gasteiger partial charge in [0.25, 0.3) is 0 Å². The number of hydrogen-bond acceptors (Lipinski definition) is 3. The van der Waals surface area contributed by atoms with E-state index in [1.165, 1.54) is 11.8 Å². The molecule has 0 bridgehead atoms. The highest BCUT2D eigenvalue weighted by atomic mass is 19.3. The molecule has 1 aliphatic heterocycles. The van der Waals surface area contributed by atoms with Gasteiger partial charge in [-0.05, 0) is 38.5 Å². The standard InChI is InChI=1S/C16H21F2N3O3/c1-8-12(9(2)21(19-8)16(17)18)6-13(22)20-7-10-4-3-5-11(10)14(20)15(23)24/h10-11,14,16H,3-7H2,1-2H3,(H,23,24). The molecule has 2 heterocycles. The van der Waals surface area contributed by atoms with Gasteiger partial charge < -0.3 is 10.0 Å². The van der Waals surface area contributed by atoms with Gasteiger partial charge in [0, 0.05) is 17.8 Å². The second kappa shape index (κ2) is 6.14. The molecule has 3 atom stereocenters. The van der Waals surface area contributed by atoms with E-state index in [2.05, 4.69) is 5.10 Å². The lowest BCUT2D eigenvalue weighted by Gasteiger charge is -2.24. The number of fused-ring (bicyclic) bond motifs is 1. The summed E-state index contributed by atoms with van der Waals surface area (Å²) in [5.74, 6) is -1.05. The number of carboxylic acid groups (broad SMARTS) is 1. The zero-order valence-corrected chi connectivity index (χ0v) is 13.7. The highest BCUT2D eigenvalue weighted by Crippen LogP contribution is 2.42. The Bertz CT molecular complexity index is 674. The average Bonchev–Trinajstić information content (AvgIpc) is 3.14. The maximum atomic E-state index is 12.9. The summed E-state index contributed by atoms with van der Waals surface area (Å²) in [5.41, 5.74) is 1.09. The Morgan fingerprint density at radius 3 is 2.62 bits per heavy atom. The summed E-state index contributed by atoms with van der Waals surface area (Å²) in [6.07, 6.45) is 2.68. The Balaban J connectivity index is 1.81. The van der Waals surface area contributed by atoms with Crippen molar-refractivity contribution in [1.29, 1.82) is 0 Å². The first-order valence-corrected chi connectivity index (χ1v) is 8.16. The minimum absolute atomic E-state index is 0.0115. The Kier molecular flexibility index (Phi) is 4.31. The van der Waals surface area contributed by atoms with Crippen LogP contribution in [0.2, 0.25) is 0 Å². The third-order valence-corrected chi connectivity index (χ3v) is 5.45. The lowest BCUT2D eigenvalue weighted by atomic mass is 9.94. The highest BCUT2D eigenvalue weighted by Gasteiger charge is 2.49. The fraction of sp³-hybridized carbons (Fsp3) is 0.688. The molecule has 8 heteroatoms. The SMILES string of the molecule is Cc1nn(C(F)F)c(C)c1CC(=O)N1CC2CCCC2C1C(=O)O. The molecule has 1 aromatic rings. The molecule has 24 heavy (non-hydrogen) atoms. The number of rotatable bonds is 4. The normalized spacial score (nSPS) is 26.2. The Morgan fingerprint density at radius 2 is 2.04 bits per heavy atom. The van der Waals surface area contributed by atoms with Gasteiger partial charge in [0.2, 0.25) is 5.91 Å². The average molecular weight is 341 g/mol. The van der Waals surface area contributed by atoms with Crippen LogP contribution in [0.3, 0.4) is 0 Å². The fourth-order valence-electron chi connectivity index (χ4n) is 4.27. The minimum Gasteiger partial charge on any atom is -0.480 e. The van der Waals surface area contributed by atoms with Gasteiger partial charge >= 0.3 is 12.5 Å². The first kappa shape index (κ1) is 16.9. The van der Waals surface area contributed by atoms with Crippen molar-refractivity contribution in [3.05, 3.63) is 17.0 Å². The second-order valence-electron chi connectivity index (χ2n) is 6.73. The predicted molar refractivity (Wildman–Crippen MR) is 80.6 cm³/mol. The number of aryl methyl sites for hydroxylation is 1. The van der Waals surface area contributed by atoms with Crippen molar-refractivity contribution in [2.75, 3.05) is 6.54 Å². The van der Waals surface area contributed by atoms with E-state index in [4.69, 9.17) is 0 Å². The van der Waals surface area contributed by atoms with Crippen molar-refractivity contribution < 1.29 is 23.5 Å². The predicted octanol–water partition coefficient (Wildman–Crippen LogP) is 2.15. The highest BCUT2D eigenvalue weighted by molar-refractivity contribution is 5.86. The quantitative estimate of drug-likeness (QED) is 0.910. The number of aliphatic carboxylic acids is 1. The van der Waals surface area contributed by atoms with Gasteiger partial charge in [0.15, 0.2) is 0 Å². The number of likely N-dealkylation sites (tertiary alicyclic amines) is 1. The van der Waals surface area contributed by atoms with Crippen LogP contribution in [0, 0.1) is 25.7 Å². The Hall–Kier alpha value is -1.99. The van der Waals surface area contributed by atoms with E-state index in [0.717, 1.165) is 19.3 Å². The number of carbonyl (C=O) groups is 2. The molecule has 132 valence electrons. The van der Waals surface area contributed by atoms with E-state index in [-0.39, 0.29) is 29.9 Å². The van der Waals surface area contributed by atoms with E-state index < -0.39 is 18.6 Å². The van der Waals surface area contributed by atoms with E-state index >= 15 is 0 Å². The number of alkyl halides is 2. The lowest BCUT2D eigenvalue weighted by Crippen LogP contribution is -2.44. The Morgan fingerprint density at radius 1 is 1.33 bits per heavy atom. The first-order valence-electron chi connectivity index (χ1n) is 8.16. The number of nitrogens with zero attached hydrogens (tertiary/aromatic N) is 3. The third-order valence-electron chi connectivity index (χ3n) is 5.45. The van der Waals surface area contributed by atoms with E-state index in [0.29, 0.717) is 22.5 Å². The summed E-state index contributed by atoms with van der Waals surface area (Å²) in [4.78, 5) is 25.7. The minimum atomic E-state index is -2.76. The summed E-state index contributed by atoms with van der Waals surface area (Å²) >= 11 is 0. The summed E-state index contributed by atoms with van der Waals surface area (Å²) in [6.45, 7) is 0.775. The molecule has 1 amide bonds. The summed E-state index contributed by atoms with van der Waals surface area (Å²) < 4.78 is 26.4. The number of aromatic nitrogens is 2. The number of halogens is 2. The molecule has 6 nitrogen and oxygen atoms in total. The molecule has 3 rings (SSSR count). The second-order valence-corrected chi connectivity index (χ2v) is 6.73. The van der Waals surface area contributed by atoms with Crippen molar-refractivity contribution >= 4 is 11.9 Å². The van der Waals surface area contributed by atoms with Gasteiger partial charge in [0.05, 0.1) is 12.1 Å². The molecule has 1 saturated carbocycles. The van der Waals surface area contributed by atoms with Crippen molar-refractivity contribution in [1.82, 2.24) is 14.7 Å². The molecule has 0 spiro atoms. The van der Waals surface area contributed by atoms with Crippen LogP contribution in [-0.2, 0) is 16.0 Å². The van der Waals surface area contributed by atoms with Crippen LogP contribution in [-0.4, -0.2) is 44.3 Å². The molecule has 0 aromatic carbocycles. The van der Waals surface area contributed by atoms with E-state index in [1.54, 1.807) is 6.92 Å². The van der Waals surface area contributed by atoms with Crippen LogP contribution >= 0.6 is 0 Å². The zero-order valence-electron chi connectivity index (χ0n) is 13.7. The molecular weight excluding hydrogens is 320 g/mol. The molecule has 2 aliphatic rings. The number of amides is 1. The van der Waals surface area contributed by atoms with Crippen molar-refractivity contribution in [2.45, 2.75) is 52.1 Å². The molecule has 1 aromatic heterocycles. The molecule has 1 N–H and O–H groups in total. The van der Waals surface area contributed by atoms with Crippen molar-refractivity contribution in [3.63, 3.8) is 0 Å². The van der Waals surface area contributed by atoms with Crippen molar-refractivity contribution in [3.8, 4) is 0 Å². The first-order chi connectivity index (χ1) is 11.3. The van der Waals surface area contributed by atoms with Crippen LogP contribution in [0.5, 0.6) is 0 Å². The van der Waals surface area contributed by atoms with Crippen LogP contribution in [0.1, 0.15) is 42.8 Å². The number of carbonyl (C=O) groups excluding carboxylic acids is 1. The topological polar surface area (TPSA) is 75.4 Å². The van der Waals surface area contributed by atoms with Crippen LogP contribution in [0.4, 0.5) is 8.78 Å². The van der Waals surface area contributed by atoms with Crippen LogP contribution in [0.25, 0.3) is 0 Å². The number of carboxylic acids is 1. The Labute approximate surface area is 138 Å². The van der Waals surface area contributed by atoms with Crippen LogP contribution < -0.4 is 0 Å². The van der Waals surface area contributed by atoms with Crippen molar-refractivity contribution in [2.24, 2.45) is 11.8 Å². The molecule has 0 radical (unpaired) electrons. The number of hydrogen-bond donors (Lipinski definition) is 1. The van der Waals surface area contributed by atoms with Gasteiger partial charge in [0.1, 0.15) is 6.04 Å². The van der Waals surface area contributed by atoms with Crippen LogP contribution in [0.15, 0.2) is 0 Å². The fourth-order valence-corrected chi connectivity index (χ4v) is 4.27. The van der Waals surface area contributed by atoms with E-state index in [1.807, 2.05) is 0 Å². The van der Waals surface area contributed by atoms with Gasteiger partial charge in [-0.3, -0.25) is 4.79 Å². The van der Waals surface area contributed by atoms with Gasteiger partial charge in [-0.2, -0.15) is 13.9 Å². The molecule has 3 unspecified atom stereocenters. The smallest absolute Gasteiger partial charge is 0.333 e. The maximum absolute atomic E-state index is 12.9. The van der Waals surface area contributed by atoms with Gasteiger partial charge in [-0.25, -0.2) is 9.48 Å². The maximum Gasteiger partial charge on any atom is 0.333 e. The van der Waals surface area contributed by atoms with Gasteiger partial charge in [-0.15, -0.1) is 0 Å². The van der Waals surface area contributed by atoms with E-state index in [9.17, 15) is 23.5 Å². The monoisotopic (exact) mass is 341 g/mol. The molecule has 1 saturated heterocycles. The lowest BCUT2D eigenvalue weighted by molar-refractivity contribution is -0.149. The summed E-state index contributed by atoms with van der Waals surface area (Å²) in [7, 11) is 0. The van der Waals surface area contributed by atoms with Gasteiger partial charge in [-0.1, -0.05) is 6.42 Å². The summed E-state index contributed by atoms with van der Waals surface area (Å²) in [6, 6.07) is -0.796.